The number of aliphatic carboxylic acids is 1. The largest absolute Gasteiger partial charge is 0.480 e. The Balaban J connectivity index is 4.98. The molecule has 0 saturated carbocycles. The molecule has 0 aromatic carbocycles. The fourth-order valence-corrected chi connectivity index (χ4v) is 3.04. The van der Waals surface area contributed by atoms with Crippen molar-refractivity contribution in [1.82, 2.24) is 0 Å². The van der Waals surface area contributed by atoms with Gasteiger partial charge in [0, 0.05) is 0 Å². The van der Waals surface area contributed by atoms with E-state index in [1.165, 1.54) is 0 Å². The van der Waals surface area contributed by atoms with Gasteiger partial charge in [-0.05, 0) is 12.8 Å². The molecule has 0 aromatic heterocycles. The molecule has 0 heterocycles. The summed E-state index contributed by atoms with van der Waals surface area (Å²) in [6.45, 7) is 3.84. The molecule has 6 heteroatoms. The van der Waals surface area contributed by atoms with Crippen LogP contribution in [0.4, 0.5) is 0 Å². The van der Waals surface area contributed by atoms with Crippen molar-refractivity contribution in [3.63, 3.8) is 0 Å². The molecule has 1 unspecified atom stereocenters. The Kier molecular flexibility index (Phi) is 6.98. The molecule has 0 rings (SSSR count). The van der Waals surface area contributed by atoms with Crippen molar-refractivity contribution in [2.24, 2.45) is 0 Å². The predicted molar refractivity (Wildman–Crippen MR) is 66.1 cm³/mol. The van der Waals surface area contributed by atoms with E-state index in [-0.39, 0.29) is 12.8 Å². The molecule has 17 heavy (non-hydrogen) atoms. The van der Waals surface area contributed by atoms with Crippen LogP contribution in [0, 0.1) is 0 Å². The molecular formula is C11H23O5P. The van der Waals surface area contributed by atoms with Gasteiger partial charge < -0.3 is 14.9 Å². The van der Waals surface area contributed by atoms with Crippen molar-refractivity contribution >= 4 is 13.6 Å². The van der Waals surface area contributed by atoms with Gasteiger partial charge in [-0.1, -0.05) is 46.0 Å². The maximum atomic E-state index is 11.5. The van der Waals surface area contributed by atoms with Gasteiger partial charge in [-0.3, -0.25) is 9.36 Å². The standard InChI is InChI=1S/C11H23O5P/c1-3-5-7-9-11(10(12)13,8-6-4-2)17(14,15)16/h3-9H2,1-2H3,(H,12,13)(H2,14,15,16). The van der Waals surface area contributed by atoms with Crippen molar-refractivity contribution in [2.75, 3.05) is 0 Å². The smallest absolute Gasteiger partial charge is 0.342 e. The maximum absolute atomic E-state index is 11.5. The highest BCUT2D eigenvalue weighted by Gasteiger charge is 2.52. The van der Waals surface area contributed by atoms with E-state index in [1.807, 2.05) is 13.8 Å². The minimum atomic E-state index is -4.63. The van der Waals surface area contributed by atoms with E-state index in [0.29, 0.717) is 12.8 Å². The highest BCUT2D eigenvalue weighted by atomic mass is 31.2. The quantitative estimate of drug-likeness (QED) is 0.440. The monoisotopic (exact) mass is 266 g/mol. The number of unbranched alkanes of at least 4 members (excludes halogenated alkanes) is 3. The first kappa shape index (κ1) is 16.6. The molecule has 0 aliphatic rings. The zero-order valence-corrected chi connectivity index (χ0v) is 11.4. The second-order valence-corrected chi connectivity index (χ2v) is 6.39. The number of carboxylic acids is 1. The van der Waals surface area contributed by atoms with Crippen LogP contribution in [-0.2, 0) is 9.36 Å². The minimum Gasteiger partial charge on any atom is -0.480 e. The summed E-state index contributed by atoms with van der Waals surface area (Å²) in [6.07, 6.45) is 3.57. The highest BCUT2D eigenvalue weighted by molar-refractivity contribution is 7.54. The van der Waals surface area contributed by atoms with Gasteiger partial charge in [0.25, 0.3) is 0 Å². The van der Waals surface area contributed by atoms with Crippen LogP contribution in [-0.4, -0.2) is 26.0 Å². The summed E-state index contributed by atoms with van der Waals surface area (Å²) < 4.78 is 11.5. The van der Waals surface area contributed by atoms with Gasteiger partial charge in [0.15, 0.2) is 5.16 Å². The van der Waals surface area contributed by atoms with Crippen LogP contribution in [0.15, 0.2) is 0 Å². The van der Waals surface area contributed by atoms with Crippen molar-refractivity contribution < 1.29 is 24.3 Å². The first-order valence-electron chi connectivity index (χ1n) is 6.11. The van der Waals surface area contributed by atoms with Gasteiger partial charge >= 0.3 is 13.6 Å². The van der Waals surface area contributed by atoms with Gasteiger partial charge in [-0.25, -0.2) is 0 Å². The second-order valence-electron chi connectivity index (χ2n) is 4.44. The second kappa shape index (κ2) is 7.14. The fourth-order valence-electron chi connectivity index (χ4n) is 1.89. The van der Waals surface area contributed by atoms with Crippen LogP contribution in [0.3, 0.4) is 0 Å². The Bertz CT molecular complexity index is 286. The molecule has 3 N–H and O–H groups in total. The van der Waals surface area contributed by atoms with Crippen LogP contribution in [0.1, 0.15) is 58.8 Å². The molecule has 0 saturated heterocycles. The first-order chi connectivity index (χ1) is 7.81. The zero-order chi connectivity index (χ0) is 13.5. The molecule has 0 bridgehead atoms. The van der Waals surface area contributed by atoms with Crippen LogP contribution < -0.4 is 0 Å². The topological polar surface area (TPSA) is 94.8 Å². The molecule has 5 nitrogen and oxygen atoms in total. The Hall–Kier alpha value is -0.380. The summed E-state index contributed by atoms with van der Waals surface area (Å²) in [6, 6.07) is 0. The third-order valence-corrected chi connectivity index (χ3v) is 4.85. The molecule has 0 spiro atoms. The summed E-state index contributed by atoms with van der Waals surface area (Å²) in [5.41, 5.74) is 0. The highest BCUT2D eigenvalue weighted by Crippen LogP contribution is 2.56. The lowest BCUT2D eigenvalue weighted by Crippen LogP contribution is -2.38. The van der Waals surface area contributed by atoms with Crippen molar-refractivity contribution in [3.05, 3.63) is 0 Å². The van der Waals surface area contributed by atoms with Crippen LogP contribution in [0.5, 0.6) is 0 Å². The minimum absolute atomic E-state index is 0.0484. The van der Waals surface area contributed by atoms with Gasteiger partial charge in [0.1, 0.15) is 0 Å². The van der Waals surface area contributed by atoms with Gasteiger partial charge in [0.05, 0.1) is 0 Å². The summed E-state index contributed by atoms with van der Waals surface area (Å²) in [7, 11) is -4.63. The molecule has 0 aliphatic heterocycles. The van der Waals surface area contributed by atoms with E-state index in [2.05, 4.69) is 0 Å². The van der Waals surface area contributed by atoms with Crippen LogP contribution >= 0.6 is 7.60 Å². The molecule has 1 atom stereocenters. The normalized spacial score (nSPS) is 15.5. The Morgan fingerprint density at radius 3 is 1.88 bits per heavy atom. The van der Waals surface area contributed by atoms with Crippen molar-refractivity contribution in [2.45, 2.75) is 63.9 Å². The molecule has 0 aliphatic carbocycles. The average Bonchev–Trinajstić information content (AvgIpc) is 2.21. The summed E-state index contributed by atoms with van der Waals surface area (Å²) in [5.74, 6) is -1.37. The lowest BCUT2D eigenvalue weighted by atomic mass is 9.94. The predicted octanol–water partition coefficient (Wildman–Crippen LogP) is 2.76. The number of carbonyl (C=O) groups is 1. The molecule has 0 amide bonds. The van der Waals surface area contributed by atoms with Gasteiger partial charge in [0.2, 0.25) is 0 Å². The van der Waals surface area contributed by atoms with Crippen molar-refractivity contribution in [1.29, 1.82) is 0 Å². The number of hydrogen-bond acceptors (Lipinski definition) is 2. The Labute approximate surface area is 102 Å². The van der Waals surface area contributed by atoms with Gasteiger partial charge in [-0.15, -0.1) is 0 Å². The summed E-state index contributed by atoms with van der Waals surface area (Å²) in [5, 5.41) is 7.32. The first-order valence-corrected chi connectivity index (χ1v) is 7.72. The lowest BCUT2D eigenvalue weighted by molar-refractivity contribution is -0.141. The SMILES string of the molecule is CCCCCC(CCCC)(C(=O)O)P(=O)(O)O. The molecule has 0 aromatic rings. The van der Waals surface area contributed by atoms with E-state index in [1.54, 1.807) is 0 Å². The van der Waals surface area contributed by atoms with Gasteiger partial charge in [-0.2, -0.15) is 0 Å². The zero-order valence-electron chi connectivity index (χ0n) is 10.6. The molecule has 102 valence electrons. The number of carboxylic acid groups (broad SMARTS) is 1. The molecule has 0 radical (unpaired) electrons. The number of hydrogen-bond donors (Lipinski definition) is 3. The maximum Gasteiger partial charge on any atom is 0.342 e. The third-order valence-electron chi connectivity index (χ3n) is 3.09. The van der Waals surface area contributed by atoms with E-state index in [9.17, 15) is 24.3 Å². The molecule has 0 fully saturated rings. The van der Waals surface area contributed by atoms with E-state index < -0.39 is 18.7 Å². The number of rotatable bonds is 9. The summed E-state index contributed by atoms with van der Waals surface area (Å²) >= 11 is 0. The van der Waals surface area contributed by atoms with E-state index >= 15 is 0 Å². The Morgan fingerprint density at radius 2 is 1.53 bits per heavy atom. The van der Waals surface area contributed by atoms with E-state index in [0.717, 1.165) is 19.3 Å². The van der Waals surface area contributed by atoms with E-state index in [4.69, 9.17) is 0 Å². The van der Waals surface area contributed by atoms with Crippen LogP contribution in [0.2, 0.25) is 0 Å². The summed E-state index contributed by atoms with van der Waals surface area (Å²) in [4.78, 5) is 30.0. The van der Waals surface area contributed by atoms with Crippen molar-refractivity contribution in [3.8, 4) is 0 Å². The third kappa shape index (κ3) is 4.41. The lowest BCUT2D eigenvalue weighted by Gasteiger charge is -2.30. The fraction of sp³-hybridized carbons (Fsp3) is 0.909. The Morgan fingerprint density at radius 1 is 1.06 bits per heavy atom. The molecular weight excluding hydrogens is 243 g/mol. The van der Waals surface area contributed by atoms with Crippen LogP contribution in [0.25, 0.3) is 0 Å². The average molecular weight is 266 g/mol.